The summed E-state index contributed by atoms with van der Waals surface area (Å²) < 4.78 is 20.2. The maximum absolute atomic E-state index is 9.43. The van der Waals surface area contributed by atoms with Gasteiger partial charge in [0, 0.05) is 18.2 Å². The maximum atomic E-state index is 9.43. The van der Waals surface area contributed by atoms with E-state index in [9.17, 15) is 5.26 Å². The van der Waals surface area contributed by atoms with Crippen molar-refractivity contribution in [1.82, 2.24) is 9.78 Å². The molecule has 0 bridgehead atoms. The quantitative estimate of drug-likeness (QED) is 0.777. The topological polar surface area (TPSA) is 69.3 Å². The standard InChI is InChI=1S/C19H24BN3O3/c1-18(2)19(3,4)26-20(25-18)15-9-13(11-21)10-16-14(15)12-23(22-16)17-7-5-6-8-24-17/h9-10,12,17H,5-8H2,1-4H3. The van der Waals surface area contributed by atoms with Crippen LogP contribution in [0.5, 0.6) is 0 Å². The molecular formula is C19H24BN3O3. The zero-order chi connectivity index (χ0) is 18.5. The Kier molecular flexibility index (Phi) is 4.10. The zero-order valence-electron chi connectivity index (χ0n) is 15.8. The van der Waals surface area contributed by atoms with Crippen LogP contribution in [0, 0.1) is 11.3 Å². The van der Waals surface area contributed by atoms with E-state index < -0.39 is 18.3 Å². The summed E-state index contributed by atoms with van der Waals surface area (Å²) in [5, 5.41) is 15.1. The Morgan fingerprint density at radius 3 is 2.54 bits per heavy atom. The number of rotatable bonds is 2. The molecule has 136 valence electrons. The van der Waals surface area contributed by atoms with Crippen molar-refractivity contribution in [1.29, 1.82) is 5.26 Å². The second-order valence-electron chi connectivity index (χ2n) is 8.13. The predicted molar refractivity (Wildman–Crippen MR) is 99.0 cm³/mol. The summed E-state index contributed by atoms with van der Waals surface area (Å²) in [7, 11) is -0.527. The van der Waals surface area contributed by atoms with Gasteiger partial charge in [0.1, 0.15) is 6.23 Å². The first-order valence-corrected chi connectivity index (χ1v) is 9.21. The van der Waals surface area contributed by atoms with Crippen LogP contribution in [0.15, 0.2) is 18.3 Å². The summed E-state index contributed by atoms with van der Waals surface area (Å²) in [4.78, 5) is 0. The van der Waals surface area contributed by atoms with Gasteiger partial charge in [-0.1, -0.05) is 0 Å². The molecule has 6 nitrogen and oxygen atoms in total. The second-order valence-corrected chi connectivity index (χ2v) is 8.13. The Hall–Kier alpha value is -1.88. The van der Waals surface area contributed by atoms with Crippen molar-refractivity contribution in [2.24, 2.45) is 0 Å². The average molecular weight is 353 g/mol. The first kappa shape index (κ1) is 17.5. The van der Waals surface area contributed by atoms with Crippen molar-refractivity contribution in [3.8, 4) is 6.07 Å². The van der Waals surface area contributed by atoms with E-state index in [0.717, 1.165) is 42.2 Å². The minimum Gasteiger partial charge on any atom is -0.399 e. The van der Waals surface area contributed by atoms with E-state index in [4.69, 9.17) is 14.0 Å². The van der Waals surface area contributed by atoms with Gasteiger partial charge in [0.15, 0.2) is 0 Å². The zero-order valence-corrected chi connectivity index (χ0v) is 15.8. The summed E-state index contributed by atoms with van der Waals surface area (Å²) >= 11 is 0. The summed E-state index contributed by atoms with van der Waals surface area (Å²) in [6, 6.07) is 5.88. The number of fused-ring (bicyclic) bond motifs is 1. The smallest absolute Gasteiger partial charge is 0.399 e. The third-order valence-electron chi connectivity index (χ3n) is 5.76. The molecule has 0 amide bonds. The molecular weight excluding hydrogens is 329 g/mol. The van der Waals surface area contributed by atoms with Crippen LogP contribution in [0.2, 0.25) is 0 Å². The fourth-order valence-electron chi connectivity index (χ4n) is 3.48. The molecule has 26 heavy (non-hydrogen) atoms. The van der Waals surface area contributed by atoms with Crippen LogP contribution < -0.4 is 5.46 Å². The molecule has 1 aromatic heterocycles. The molecule has 4 rings (SSSR count). The number of aromatic nitrogens is 2. The highest BCUT2D eigenvalue weighted by atomic mass is 16.7. The van der Waals surface area contributed by atoms with E-state index in [2.05, 4.69) is 11.2 Å². The molecule has 1 unspecified atom stereocenters. The highest BCUT2D eigenvalue weighted by molar-refractivity contribution is 6.65. The molecule has 2 saturated heterocycles. The lowest BCUT2D eigenvalue weighted by molar-refractivity contribution is -0.0390. The SMILES string of the molecule is CC1(C)OB(c2cc(C#N)cc3nn(C4CCCCO4)cc23)OC1(C)C. The van der Waals surface area contributed by atoms with Gasteiger partial charge in [0.05, 0.1) is 28.4 Å². The van der Waals surface area contributed by atoms with E-state index in [1.807, 2.05) is 50.7 Å². The first-order chi connectivity index (χ1) is 12.3. The van der Waals surface area contributed by atoms with Gasteiger partial charge in [-0.05, 0) is 64.6 Å². The monoisotopic (exact) mass is 353 g/mol. The lowest BCUT2D eigenvalue weighted by atomic mass is 9.76. The van der Waals surface area contributed by atoms with Gasteiger partial charge < -0.3 is 14.0 Å². The second kappa shape index (κ2) is 6.09. The molecule has 3 heterocycles. The van der Waals surface area contributed by atoms with Crippen molar-refractivity contribution < 1.29 is 14.0 Å². The number of nitriles is 1. The number of hydrogen-bond donors (Lipinski definition) is 0. The Balaban J connectivity index is 1.78. The fourth-order valence-corrected chi connectivity index (χ4v) is 3.48. The summed E-state index contributed by atoms with van der Waals surface area (Å²) in [6.45, 7) is 8.86. The van der Waals surface area contributed by atoms with Crippen molar-refractivity contribution in [2.45, 2.75) is 64.4 Å². The molecule has 0 radical (unpaired) electrons. The van der Waals surface area contributed by atoms with Gasteiger partial charge in [-0.15, -0.1) is 0 Å². The molecule has 0 aliphatic carbocycles. The Labute approximate surface area is 154 Å². The van der Waals surface area contributed by atoms with Gasteiger partial charge in [0.25, 0.3) is 0 Å². The number of benzene rings is 1. The normalized spacial score (nSPS) is 24.7. The van der Waals surface area contributed by atoms with Crippen molar-refractivity contribution >= 4 is 23.5 Å². The van der Waals surface area contributed by atoms with Gasteiger partial charge in [0.2, 0.25) is 0 Å². The summed E-state index contributed by atoms with van der Waals surface area (Å²) in [5.41, 5.74) is 1.30. The average Bonchev–Trinajstić information content (AvgIpc) is 3.13. The van der Waals surface area contributed by atoms with E-state index in [1.165, 1.54) is 0 Å². The van der Waals surface area contributed by atoms with Gasteiger partial charge >= 0.3 is 7.12 Å². The first-order valence-electron chi connectivity index (χ1n) is 9.21. The summed E-state index contributed by atoms with van der Waals surface area (Å²) in [5.74, 6) is 0. The van der Waals surface area contributed by atoms with Gasteiger partial charge in [-0.25, -0.2) is 4.68 Å². The lowest BCUT2D eigenvalue weighted by Gasteiger charge is -2.32. The molecule has 0 saturated carbocycles. The molecule has 0 spiro atoms. The maximum Gasteiger partial charge on any atom is 0.495 e. The number of nitrogens with zero attached hydrogens (tertiary/aromatic N) is 3. The highest BCUT2D eigenvalue weighted by Crippen LogP contribution is 2.37. The van der Waals surface area contributed by atoms with Crippen LogP contribution in [-0.2, 0) is 14.0 Å². The number of ether oxygens (including phenoxy) is 1. The third kappa shape index (κ3) is 2.82. The lowest BCUT2D eigenvalue weighted by Crippen LogP contribution is -2.41. The molecule has 0 N–H and O–H groups in total. The highest BCUT2D eigenvalue weighted by Gasteiger charge is 2.52. The molecule has 2 aliphatic rings. The van der Waals surface area contributed by atoms with Gasteiger partial charge in [-0.2, -0.15) is 10.4 Å². The van der Waals surface area contributed by atoms with E-state index >= 15 is 0 Å². The molecule has 7 heteroatoms. The third-order valence-corrected chi connectivity index (χ3v) is 5.76. The largest absolute Gasteiger partial charge is 0.495 e. The molecule has 2 aliphatic heterocycles. The van der Waals surface area contributed by atoms with E-state index in [0.29, 0.717) is 5.56 Å². The molecule has 1 atom stereocenters. The van der Waals surface area contributed by atoms with Crippen LogP contribution in [-0.4, -0.2) is 34.7 Å². The summed E-state index contributed by atoms with van der Waals surface area (Å²) in [6.07, 6.45) is 5.12. The van der Waals surface area contributed by atoms with Crippen LogP contribution in [0.1, 0.15) is 58.7 Å². The predicted octanol–water partition coefficient (Wildman–Crippen LogP) is 2.91. The van der Waals surface area contributed by atoms with Crippen LogP contribution >= 0.6 is 0 Å². The van der Waals surface area contributed by atoms with Crippen LogP contribution in [0.4, 0.5) is 0 Å². The minimum absolute atomic E-state index is 0.0483. The van der Waals surface area contributed by atoms with E-state index in [-0.39, 0.29) is 6.23 Å². The van der Waals surface area contributed by atoms with E-state index in [1.54, 1.807) is 0 Å². The van der Waals surface area contributed by atoms with Crippen LogP contribution in [0.3, 0.4) is 0 Å². The van der Waals surface area contributed by atoms with Gasteiger partial charge in [-0.3, -0.25) is 0 Å². The Morgan fingerprint density at radius 2 is 1.92 bits per heavy atom. The molecule has 2 aromatic rings. The Bertz CT molecular complexity index is 862. The number of hydrogen-bond acceptors (Lipinski definition) is 5. The minimum atomic E-state index is -0.527. The molecule has 2 fully saturated rings. The fraction of sp³-hybridized carbons (Fsp3) is 0.579. The van der Waals surface area contributed by atoms with Crippen molar-refractivity contribution in [3.63, 3.8) is 0 Å². The Morgan fingerprint density at radius 1 is 1.19 bits per heavy atom. The van der Waals surface area contributed by atoms with Crippen molar-refractivity contribution in [3.05, 3.63) is 23.9 Å². The van der Waals surface area contributed by atoms with Crippen molar-refractivity contribution in [2.75, 3.05) is 6.61 Å². The molecule has 1 aromatic carbocycles. The van der Waals surface area contributed by atoms with Crippen LogP contribution in [0.25, 0.3) is 10.9 Å².